The maximum atomic E-state index is 11.9. The molecule has 1 aliphatic heterocycles. The van der Waals surface area contributed by atoms with E-state index in [-0.39, 0.29) is 0 Å². The Morgan fingerprint density at radius 2 is 1.66 bits per heavy atom. The first-order valence-corrected chi connectivity index (χ1v) is 12.8. The summed E-state index contributed by atoms with van der Waals surface area (Å²) in [4.78, 5) is 53.0. The van der Waals surface area contributed by atoms with Gasteiger partial charge in [0, 0.05) is 12.3 Å². The molecule has 32 heavy (non-hydrogen) atoms. The molecule has 0 bridgehead atoms. The third kappa shape index (κ3) is 7.37. The van der Waals surface area contributed by atoms with Crippen molar-refractivity contribution in [2.75, 3.05) is 13.2 Å². The van der Waals surface area contributed by atoms with Gasteiger partial charge in [-0.3, -0.25) is 23.4 Å². The molecule has 0 aromatic carbocycles. The lowest BCUT2D eigenvalue weighted by molar-refractivity contribution is -0.0542. The Hall–Kier alpha value is -1.29. The van der Waals surface area contributed by atoms with Gasteiger partial charge >= 0.3 is 29.2 Å². The van der Waals surface area contributed by atoms with E-state index < -0.39 is 72.5 Å². The molecule has 3 unspecified atom stereocenters. The van der Waals surface area contributed by atoms with Crippen LogP contribution in [-0.4, -0.2) is 66.0 Å². The van der Waals surface area contributed by atoms with Crippen molar-refractivity contribution < 1.29 is 61.0 Å². The Morgan fingerprint density at radius 1 is 1.06 bits per heavy atom. The molecule has 1 aromatic rings. The van der Waals surface area contributed by atoms with Crippen molar-refractivity contribution in [2.45, 2.75) is 24.5 Å². The van der Waals surface area contributed by atoms with Crippen LogP contribution in [0, 0.1) is 0 Å². The first-order valence-electron chi connectivity index (χ1n) is 8.30. The summed E-state index contributed by atoms with van der Waals surface area (Å²) < 4.78 is 57.2. The number of hydrogen-bond donors (Lipinski definition) is 6. The number of phosphoric acid groups is 3. The molecule has 0 radical (unpaired) electrons. The molecule has 0 amide bonds. The number of aromatic nitrogens is 2. The van der Waals surface area contributed by atoms with E-state index in [1.165, 1.54) is 0 Å². The molecule has 1 fully saturated rings. The molecule has 7 atom stereocenters. The molecular formula is C12H19N2O15P3. The minimum atomic E-state index is -5.68. The van der Waals surface area contributed by atoms with Crippen molar-refractivity contribution in [3.05, 3.63) is 45.8 Å². The van der Waals surface area contributed by atoms with Gasteiger partial charge in [0.05, 0.1) is 13.2 Å². The summed E-state index contributed by atoms with van der Waals surface area (Å²) in [6.07, 6.45) is -4.65. The van der Waals surface area contributed by atoms with Crippen LogP contribution in [0.3, 0.4) is 0 Å². The number of aliphatic hydroxyl groups excluding tert-OH is 2. The van der Waals surface area contributed by atoms with Gasteiger partial charge in [0.2, 0.25) is 0 Å². The minimum Gasteiger partial charge on any atom is -0.387 e. The molecule has 20 heteroatoms. The molecule has 0 aliphatic carbocycles. The Labute approximate surface area is 178 Å². The number of nitrogens with one attached hydrogen (secondary N) is 1. The van der Waals surface area contributed by atoms with Gasteiger partial charge in [-0.05, 0) is 0 Å². The molecule has 0 saturated carbocycles. The third-order valence-electron chi connectivity index (χ3n) is 3.63. The van der Waals surface area contributed by atoms with E-state index in [1.54, 1.807) is 0 Å². The second-order valence-corrected chi connectivity index (χ2v) is 10.6. The van der Waals surface area contributed by atoms with Gasteiger partial charge in [0.25, 0.3) is 5.56 Å². The minimum absolute atomic E-state index is 0.570. The molecule has 2 rings (SSSR count). The van der Waals surface area contributed by atoms with Gasteiger partial charge in [-0.2, -0.15) is 8.62 Å². The average Bonchev–Trinajstić information content (AvgIpc) is 2.91. The van der Waals surface area contributed by atoms with Crippen LogP contribution < -0.4 is 11.2 Å². The van der Waals surface area contributed by atoms with Crippen LogP contribution >= 0.6 is 23.5 Å². The SMILES string of the molecule is C=CCOP(=O)(O)OP(=O)(O)OP(=O)(O)OC[C@H]1O[C@@H](n2ccc(=O)[nH]c2=O)[C@H](O)[C@@H]1O. The van der Waals surface area contributed by atoms with Crippen molar-refractivity contribution in [3.63, 3.8) is 0 Å². The quantitative estimate of drug-likeness (QED) is 0.145. The highest BCUT2D eigenvalue weighted by Crippen LogP contribution is 2.67. The molecule has 17 nitrogen and oxygen atoms in total. The van der Waals surface area contributed by atoms with Gasteiger partial charge in [-0.1, -0.05) is 6.08 Å². The molecule has 2 heterocycles. The Morgan fingerprint density at radius 3 is 2.22 bits per heavy atom. The van der Waals surface area contributed by atoms with Crippen molar-refractivity contribution >= 4 is 23.5 Å². The highest BCUT2D eigenvalue weighted by molar-refractivity contribution is 7.66. The second-order valence-electron chi connectivity index (χ2n) is 6.01. The van der Waals surface area contributed by atoms with Gasteiger partial charge in [0.1, 0.15) is 18.3 Å². The predicted octanol–water partition coefficient (Wildman–Crippen LogP) is -1.29. The van der Waals surface area contributed by atoms with Crippen molar-refractivity contribution in [3.8, 4) is 0 Å². The average molecular weight is 524 g/mol. The fourth-order valence-electron chi connectivity index (χ4n) is 2.36. The summed E-state index contributed by atoms with van der Waals surface area (Å²) in [6.45, 7) is 1.57. The summed E-state index contributed by atoms with van der Waals surface area (Å²) in [5.41, 5.74) is -1.73. The van der Waals surface area contributed by atoms with E-state index in [1.807, 2.05) is 4.98 Å². The monoisotopic (exact) mass is 524 g/mol. The first kappa shape index (κ1) is 27.0. The van der Waals surface area contributed by atoms with Gasteiger partial charge in [-0.25, -0.2) is 18.5 Å². The highest BCUT2D eigenvalue weighted by Gasteiger charge is 2.47. The number of ether oxygens (including phenoxy) is 1. The van der Waals surface area contributed by atoms with Crippen LogP contribution in [0.4, 0.5) is 0 Å². The maximum absolute atomic E-state index is 11.9. The topological polar surface area (TPSA) is 253 Å². The standard InChI is InChI=1S/C12H19N2O15P3/c1-2-5-25-30(19,20)28-32(23,24)29-31(21,22)26-6-7-9(16)10(17)11(27-7)14-4-3-8(15)13-12(14)18/h2-4,7,9-11,16-17H,1,5-6H2,(H,19,20)(H,21,22)(H,23,24)(H,13,15,18)/t7-,9-,10-,11-/m1/s1. The largest absolute Gasteiger partial charge is 0.490 e. The van der Waals surface area contributed by atoms with Crippen LogP contribution in [0.15, 0.2) is 34.5 Å². The molecular weight excluding hydrogens is 505 g/mol. The molecule has 182 valence electrons. The number of phosphoric ester groups is 2. The normalized spacial score (nSPS) is 29.0. The van der Waals surface area contributed by atoms with E-state index in [4.69, 9.17) is 4.74 Å². The van der Waals surface area contributed by atoms with Crippen molar-refractivity contribution in [1.29, 1.82) is 0 Å². The van der Waals surface area contributed by atoms with Gasteiger partial charge in [-0.15, -0.1) is 6.58 Å². The molecule has 1 saturated heterocycles. The second kappa shape index (κ2) is 10.3. The predicted molar refractivity (Wildman–Crippen MR) is 101 cm³/mol. The number of aliphatic hydroxyl groups is 2. The van der Waals surface area contributed by atoms with Crippen LogP contribution in [0.2, 0.25) is 0 Å². The fraction of sp³-hybridized carbons (Fsp3) is 0.500. The van der Waals surface area contributed by atoms with E-state index in [0.29, 0.717) is 0 Å². The third-order valence-corrected chi connectivity index (χ3v) is 7.89. The lowest BCUT2D eigenvalue weighted by atomic mass is 10.1. The van der Waals surface area contributed by atoms with Gasteiger partial charge < -0.3 is 29.6 Å². The molecule has 1 aromatic heterocycles. The highest BCUT2D eigenvalue weighted by atomic mass is 31.3. The van der Waals surface area contributed by atoms with E-state index >= 15 is 0 Å². The summed E-state index contributed by atoms with van der Waals surface area (Å²) in [6, 6.07) is 0.931. The summed E-state index contributed by atoms with van der Waals surface area (Å²) >= 11 is 0. The molecule has 0 spiro atoms. The Balaban J connectivity index is 2.02. The maximum Gasteiger partial charge on any atom is 0.490 e. The zero-order valence-corrected chi connectivity index (χ0v) is 18.5. The number of H-pyrrole nitrogens is 1. The Kier molecular flexibility index (Phi) is 8.70. The number of rotatable bonds is 11. The number of hydrogen-bond acceptors (Lipinski definition) is 12. The van der Waals surface area contributed by atoms with E-state index in [9.17, 15) is 48.2 Å². The van der Waals surface area contributed by atoms with Crippen LogP contribution in [0.5, 0.6) is 0 Å². The zero-order chi connectivity index (χ0) is 24.3. The van der Waals surface area contributed by atoms with Crippen LogP contribution in [-0.2, 0) is 36.1 Å². The lowest BCUT2D eigenvalue weighted by Gasteiger charge is -2.20. The van der Waals surface area contributed by atoms with Gasteiger partial charge in [0.15, 0.2) is 6.23 Å². The summed E-state index contributed by atoms with van der Waals surface area (Å²) in [7, 11) is -16.3. The summed E-state index contributed by atoms with van der Waals surface area (Å²) in [5, 5.41) is 20.1. The smallest absolute Gasteiger partial charge is 0.387 e. The number of nitrogens with zero attached hydrogens (tertiary/aromatic N) is 1. The fourth-order valence-corrected chi connectivity index (χ4v) is 5.84. The zero-order valence-electron chi connectivity index (χ0n) is 15.8. The summed E-state index contributed by atoms with van der Waals surface area (Å²) in [5.74, 6) is 0. The van der Waals surface area contributed by atoms with Crippen molar-refractivity contribution in [2.24, 2.45) is 0 Å². The first-order chi connectivity index (χ1) is 14.7. The number of aromatic amines is 1. The Bertz CT molecular complexity index is 1080. The van der Waals surface area contributed by atoms with Crippen molar-refractivity contribution in [1.82, 2.24) is 9.55 Å². The van der Waals surface area contributed by atoms with E-state index in [2.05, 4.69) is 24.2 Å². The van der Waals surface area contributed by atoms with Crippen LogP contribution in [0.25, 0.3) is 0 Å². The van der Waals surface area contributed by atoms with E-state index in [0.717, 1.165) is 22.9 Å². The lowest BCUT2D eigenvalue weighted by Crippen LogP contribution is -2.37. The molecule has 6 N–H and O–H groups in total. The van der Waals surface area contributed by atoms with Crippen LogP contribution in [0.1, 0.15) is 6.23 Å². The molecule has 1 aliphatic rings.